The smallest absolute Gasteiger partial charge is 0.323 e. The van der Waals surface area contributed by atoms with Crippen molar-refractivity contribution in [3.63, 3.8) is 0 Å². The van der Waals surface area contributed by atoms with Crippen LogP contribution in [0.1, 0.15) is 37.0 Å². The number of hydrogen-bond donors (Lipinski definition) is 2. The van der Waals surface area contributed by atoms with Crippen LogP contribution in [0, 0.1) is 5.92 Å². The summed E-state index contributed by atoms with van der Waals surface area (Å²) in [5, 5.41) is 15.2. The molecule has 1 aromatic heterocycles. The predicted octanol–water partition coefficient (Wildman–Crippen LogP) is 1.83. The molecule has 0 spiro atoms. The van der Waals surface area contributed by atoms with Crippen LogP contribution < -0.4 is 5.32 Å². The molecule has 122 valence electrons. The lowest BCUT2D eigenvalue weighted by atomic mass is 10.2. The topological polar surface area (TPSA) is 86.7 Å². The number of nitrogens with one attached hydrogen (secondary N) is 1. The number of hydrogen-bond acceptors (Lipinski definition) is 4. The minimum atomic E-state index is -1.01. The van der Waals surface area contributed by atoms with Crippen molar-refractivity contribution in [2.75, 3.05) is 19.6 Å². The SMILES string of the molecule is CC(C)CN(CC(=O)O)C(=O)CCCNC(=O)c1ccsc1. The summed E-state index contributed by atoms with van der Waals surface area (Å²) in [6.07, 6.45) is 0.715. The highest BCUT2D eigenvalue weighted by atomic mass is 32.1. The van der Waals surface area contributed by atoms with Gasteiger partial charge < -0.3 is 15.3 Å². The van der Waals surface area contributed by atoms with Gasteiger partial charge in [0.15, 0.2) is 0 Å². The second kappa shape index (κ2) is 9.19. The molecule has 0 saturated carbocycles. The van der Waals surface area contributed by atoms with Crippen molar-refractivity contribution in [2.45, 2.75) is 26.7 Å². The molecule has 7 heteroatoms. The van der Waals surface area contributed by atoms with Crippen LogP contribution in [0.5, 0.6) is 0 Å². The van der Waals surface area contributed by atoms with Gasteiger partial charge in [-0.3, -0.25) is 14.4 Å². The second-order valence-corrected chi connectivity index (χ2v) is 6.21. The van der Waals surface area contributed by atoms with Gasteiger partial charge in [0, 0.05) is 30.5 Å². The van der Waals surface area contributed by atoms with E-state index in [-0.39, 0.29) is 30.7 Å². The van der Waals surface area contributed by atoms with Crippen LogP contribution in [0.15, 0.2) is 16.8 Å². The fraction of sp³-hybridized carbons (Fsp3) is 0.533. The van der Waals surface area contributed by atoms with E-state index in [1.54, 1.807) is 11.4 Å². The monoisotopic (exact) mass is 326 g/mol. The highest BCUT2D eigenvalue weighted by Crippen LogP contribution is 2.06. The number of carboxylic acid groups (broad SMARTS) is 1. The summed E-state index contributed by atoms with van der Waals surface area (Å²) < 4.78 is 0. The van der Waals surface area contributed by atoms with Crippen molar-refractivity contribution in [1.82, 2.24) is 10.2 Å². The Morgan fingerprint density at radius 2 is 2.09 bits per heavy atom. The number of carbonyl (C=O) groups is 3. The van der Waals surface area contributed by atoms with Crippen molar-refractivity contribution in [3.05, 3.63) is 22.4 Å². The molecular formula is C15H22N2O4S. The van der Waals surface area contributed by atoms with Crippen LogP contribution in [0.25, 0.3) is 0 Å². The van der Waals surface area contributed by atoms with Crippen molar-refractivity contribution < 1.29 is 19.5 Å². The average molecular weight is 326 g/mol. The molecule has 0 radical (unpaired) electrons. The molecule has 1 heterocycles. The average Bonchev–Trinajstić information content (AvgIpc) is 2.95. The first-order valence-corrected chi connectivity index (χ1v) is 8.14. The van der Waals surface area contributed by atoms with Crippen LogP contribution in [-0.2, 0) is 9.59 Å². The largest absolute Gasteiger partial charge is 0.480 e. The van der Waals surface area contributed by atoms with Gasteiger partial charge in [-0.2, -0.15) is 11.3 Å². The Kier molecular flexibility index (Phi) is 7.59. The van der Waals surface area contributed by atoms with Crippen LogP contribution >= 0.6 is 11.3 Å². The molecule has 1 rings (SSSR count). The number of carbonyl (C=O) groups excluding carboxylic acids is 2. The Labute approximate surface area is 134 Å². The van der Waals surface area contributed by atoms with E-state index in [9.17, 15) is 14.4 Å². The maximum Gasteiger partial charge on any atom is 0.323 e. The standard InChI is InChI=1S/C15H22N2O4S/c1-11(2)8-17(9-14(19)20)13(18)4-3-6-16-15(21)12-5-7-22-10-12/h5,7,10-11H,3-4,6,8-9H2,1-2H3,(H,16,21)(H,19,20). The van der Waals surface area contributed by atoms with E-state index in [0.29, 0.717) is 25.1 Å². The molecule has 22 heavy (non-hydrogen) atoms. The summed E-state index contributed by atoms with van der Waals surface area (Å²) in [4.78, 5) is 35.9. The third-order valence-corrected chi connectivity index (χ3v) is 3.58. The molecule has 0 saturated heterocycles. The zero-order chi connectivity index (χ0) is 16.5. The Morgan fingerprint density at radius 3 is 2.64 bits per heavy atom. The zero-order valence-electron chi connectivity index (χ0n) is 12.9. The van der Waals surface area contributed by atoms with Crippen molar-refractivity contribution in [2.24, 2.45) is 5.92 Å². The number of nitrogens with zero attached hydrogens (tertiary/aromatic N) is 1. The third-order valence-electron chi connectivity index (χ3n) is 2.90. The first kappa shape index (κ1) is 18.2. The molecule has 0 bridgehead atoms. The maximum atomic E-state index is 12.0. The number of carboxylic acids is 1. The molecule has 6 nitrogen and oxygen atoms in total. The molecule has 0 unspecified atom stereocenters. The number of aliphatic carboxylic acids is 1. The lowest BCUT2D eigenvalue weighted by Gasteiger charge is -2.22. The molecule has 0 atom stereocenters. The van der Waals surface area contributed by atoms with Crippen LogP contribution in [-0.4, -0.2) is 47.4 Å². The van der Waals surface area contributed by atoms with E-state index >= 15 is 0 Å². The number of rotatable bonds is 9. The molecule has 0 aliphatic carbocycles. The van der Waals surface area contributed by atoms with E-state index in [2.05, 4.69) is 5.32 Å². The van der Waals surface area contributed by atoms with Gasteiger partial charge in [-0.15, -0.1) is 0 Å². The van der Waals surface area contributed by atoms with Gasteiger partial charge in [0.2, 0.25) is 5.91 Å². The number of amides is 2. The van der Waals surface area contributed by atoms with Crippen molar-refractivity contribution in [1.29, 1.82) is 0 Å². The normalized spacial score (nSPS) is 10.5. The van der Waals surface area contributed by atoms with Crippen LogP contribution in [0.2, 0.25) is 0 Å². The van der Waals surface area contributed by atoms with Gasteiger partial charge in [0.05, 0.1) is 0 Å². The Morgan fingerprint density at radius 1 is 1.36 bits per heavy atom. The van der Waals surface area contributed by atoms with E-state index in [0.717, 1.165) is 0 Å². The number of thiophene rings is 1. The zero-order valence-corrected chi connectivity index (χ0v) is 13.7. The van der Waals surface area contributed by atoms with Gasteiger partial charge in [-0.05, 0) is 23.8 Å². The molecule has 0 aliphatic rings. The quantitative estimate of drug-likeness (QED) is 0.678. The molecule has 0 aliphatic heterocycles. The van der Waals surface area contributed by atoms with Gasteiger partial charge in [-0.1, -0.05) is 13.8 Å². The lowest BCUT2D eigenvalue weighted by Crippen LogP contribution is -2.38. The third kappa shape index (κ3) is 6.71. The lowest BCUT2D eigenvalue weighted by molar-refractivity contribution is -0.144. The summed E-state index contributed by atoms with van der Waals surface area (Å²) in [6.45, 7) is 4.40. The van der Waals surface area contributed by atoms with Gasteiger partial charge >= 0.3 is 5.97 Å². The van der Waals surface area contributed by atoms with E-state index < -0.39 is 5.97 Å². The Hall–Kier alpha value is -1.89. The van der Waals surface area contributed by atoms with Gasteiger partial charge in [0.1, 0.15) is 6.54 Å². The molecular weight excluding hydrogens is 304 g/mol. The second-order valence-electron chi connectivity index (χ2n) is 5.43. The van der Waals surface area contributed by atoms with Crippen LogP contribution in [0.4, 0.5) is 0 Å². The maximum absolute atomic E-state index is 12.0. The minimum absolute atomic E-state index is 0.154. The summed E-state index contributed by atoms with van der Waals surface area (Å²) in [5.74, 6) is -1.15. The Balaban J connectivity index is 2.33. The van der Waals surface area contributed by atoms with Crippen molar-refractivity contribution >= 4 is 29.1 Å². The fourth-order valence-corrected chi connectivity index (χ4v) is 2.59. The fourth-order valence-electron chi connectivity index (χ4n) is 1.95. The van der Waals surface area contributed by atoms with E-state index in [4.69, 9.17) is 5.11 Å². The van der Waals surface area contributed by atoms with Gasteiger partial charge in [-0.25, -0.2) is 0 Å². The minimum Gasteiger partial charge on any atom is -0.480 e. The van der Waals surface area contributed by atoms with Gasteiger partial charge in [0.25, 0.3) is 5.91 Å². The molecule has 1 aromatic rings. The summed E-state index contributed by atoms with van der Waals surface area (Å²) in [5.41, 5.74) is 0.614. The summed E-state index contributed by atoms with van der Waals surface area (Å²) in [7, 11) is 0. The molecule has 2 N–H and O–H groups in total. The summed E-state index contributed by atoms with van der Waals surface area (Å²) in [6, 6.07) is 1.74. The Bertz CT molecular complexity index is 500. The predicted molar refractivity (Wildman–Crippen MR) is 84.9 cm³/mol. The first-order valence-electron chi connectivity index (χ1n) is 7.20. The molecule has 2 amide bonds. The van der Waals surface area contributed by atoms with Crippen molar-refractivity contribution in [3.8, 4) is 0 Å². The first-order chi connectivity index (χ1) is 10.4. The van der Waals surface area contributed by atoms with E-state index in [1.807, 2.05) is 19.2 Å². The van der Waals surface area contributed by atoms with Crippen LogP contribution in [0.3, 0.4) is 0 Å². The van der Waals surface area contributed by atoms with E-state index in [1.165, 1.54) is 16.2 Å². The summed E-state index contributed by atoms with van der Waals surface area (Å²) >= 11 is 1.45. The highest BCUT2D eigenvalue weighted by Gasteiger charge is 2.17. The highest BCUT2D eigenvalue weighted by molar-refractivity contribution is 7.08. The molecule has 0 aromatic carbocycles. The molecule has 0 fully saturated rings.